The number of anilines is 1. The number of nitrogens with zero attached hydrogens (tertiary/aromatic N) is 3. The smallest absolute Gasteiger partial charge is 0.433 e. The maximum Gasteiger partial charge on any atom is 0.433 e. The van der Waals surface area contributed by atoms with E-state index in [1.807, 2.05) is 0 Å². The van der Waals surface area contributed by atoms with Gasteiger partial charge in [0.15, 0.2) is 0 Å². The summed E-state index contributed by atoms with van der Waals surface area (Å²) in [5.41, 5.74) is 0.579. The van der Waals surface area contributed by atoms with Crippen molar-refractivity contribution in [2.75, 3.05) is 5.01 Å². The molecule has 1 aliphatic heterocycles. The molecular formula is C16H10ClN3O6. The molecule has 0 atom stereocenters. The molecular weight excluding hydrogens is 366 g/mol. The zero-order valence-corrected chi connectivity index (χ0v) is 13.9. The van der Waals surface area contributed by atoms with Crippen LogP contribution in [-0.4, -0.2) is 27.6 Å². The van der Waals surface area contributed by atoms with Gasteiger partial charge in [0.25, 0.3) is 5.91 Å². The number of carboxylic acid groups (broad SMARTS) is 1. The molecule has 1 amide bonds. The van der Waals surface area contributed by atoms with E-state index in [9.17, 15) is 19.7 Å². The quantitative estimate of drug-likeness (QED) is 0.496. The molecule has 0 saturated carbocycles. The maximum atomic E-state index is 12.6. The Morgan fingerprint density at radius 2 is 2.12 bits per heavy atom. The van der Waals surface area contributed by atoms with Crippen molar-refractivity contribution in [3.05, 3.63) is 62.4 Å². The number of benzene rings is 1. The number of nitro groups is 1. The van der Waals surface area contributed by atoms with E-state index in [0.29, 0.717) is 5.71 Å². The summed E-state index contributed by atoms with van der Waals surface area (Å²) in [6, 6.07) is 6.59. The number of hydrogen-bond donors (Lipinski definition) is 1. The van der Waals surface area contributed by atoms with Crippen LogP contribution in [0.3, 0.4) is 0 Å². The molecule has 0 bridgehead atoms. The van der Waals surface area contributed by atoms with Crippen LogP contribution in [0.4, 0.5) is 11.6 Å². The van der Waals surface area contributed by atoms with Gasteiger partial charge in [-0.2, -0.15) is 10.1 Å². The van der Waals surface area contributed by atoms with E-state index in [-0.39, 0.29) is 27.6 Å². The number of halogens is 1. The molecule has 0 aliphatic carbocycles. The molecule has 0 spiro atoms. The van der Waals surface area contributed by atoms with Crippen molar-refractivity contribution in [1.29, 1.82) is 0 Å². The SMILES string of the molecule is CC1=NN(c2ccc(Cl)c(C(=O)O)c2)C(=O)/C1=C/c1ccc([N+](=O)[O-])o1. The molecule has 2 aromatic rings. The van der Waals surface area contributed by atoms with Gasteiger partial charge in [0.2, 0.25) is 0 Å². The standard InChI is InChI=1S/C16H10ClN3O6/c1-8-11(7-10-3-5-14(26-10)20(24)25)15(21)19(18-8)9-2-4-13(17)12(6-9)16(22)23/h2-7H,1H3,(H,22,23)/b11-7+. The minimum absolute atomic E-state index is 0.0345. The van der Waals surface area contributed by atoms with E-state index in [4.69, 9.17) is 21.1 Å². The van der Waals surface area contributed by atoms with Crippen molar-refractivity contribution >= 4 is 46.8 Å². The fourth-order valence-electron chi connectivity index (χ4n) is 2.33. The first-order valence-corrected chi connectivity index (χ1v) is 7.54. The molecule has 1 aromatic carbocycles. The van der Waals surface area contributed by atoms with Crippen molar-refractivity contribution in [3.63, 3.8) is 0 Å². The summed E-state index contributed by atoms with van der Waals surface area (Å²) in [5.74, 6) is -2.08. The highest BCUT2D eigenvalue weighted by Crippen LogP contribution is 2.29. The Labute approximate surface area is 150 Å². The minimum Gasteiger partial charge on any atom is -0.478 e. The van der Waals surface area contributed by atoms with E-state index in [0.717, 1.165) is 5.01 Å². The third-order valence-corrected chi connectivity index (χ3v) is 3.90. The van der Waals surface area contributed by atoms with Crippen LogP contribution in [-0.2, 0) is 4.79 Å². The summed E-state index contributed by atoms with van der Waals surface area (Å²) in [5, 5.41) is 25.0. The minimum atomic E-state index is -1.23. The number of carbonyl (C=O) groups excluding carboxylic acids is 1. The van der Waals surface area contributed by atoms with Crippen LogP contribution in [0.1, 0.15) is 23.0 Å². The van der Waals surface area contributed by atoms with Crippen LogP contribution in [0.2, 0.25) is 5.02 Å². The molecule has 10 heteroatoms. The molecule has 132 valence electrons. The van der Waals surface area contributed by atoms with Gasteiger partial charge in [-0.3, -0.25) is 14.9 Å². The molecule has 9 nitrogen and oxygen atoms in total. The Morgan fingerprint density at radius 1 is 1.38 bits per heavy atom. The third-order valence-electron chi connectivity index (χ3n) is 3.57. The van der Waals surface area contributed by atoms with Crippen LogP contribution in [0.25, 0.3) is 6.08 Å². The molecule has 1 N–H and O–H groups in total. The first-order chi connectivity index (χ1) is 12.3. The Balaban J connectivity index is 1.95. The molecule has 2 heterocycles. The molecule has 0 radical (unpaired) electrons. The average Bonchev–Trinajstić information content (AvgIpc) is 3.16. The zero-order valence-electron chi connectivity index (χ0n) is 13.2. The van der Waals surface area contributed by atoms with Crippen molar-refractivity contribution in [2.24, 2.45) is 5.10 Å². The Hall–Kier alpha value is -3.46. The predicted octanol–water partition coefficient (Wildman–Crippen LogP) is 3.35. The van der Waals surface area contributed by atoms with Crippen molar-refractivity contribution in [2.45, 2.75) is 6.92 Å². The number of aromatic carboxylic acids is 1. The highest BCUT2D eigenvalue weighted by molar-refractivity contribution is 6.34. The van der Waals surface area contributed by atoms with E-state index < -0.39 is 22.7 Å². The molecule has 3 rings (SSSR count). The summed E-state index contributed by atoms with van der Waals surface area (Å²) in [6.45, 7) is 1.58. The number of amides is 1. The van der Waals surface area contributed by atoms with E-state index >= 15 is 0 Å². The molecule has 26 heavy (non-hydrogen) atoms. The highest BCUT2D eigenvalue weighted by atomic mass is 35.5. The monoisotopic (exact) mass is 375 g/mol. The van der Waals surface area contributed by atoms with Gasteiger partial charge in [0.05, 0.1) is 33.6 Å². The summed E-state index contributed by atoms with van der Waals surface area (Å²) in [7, 11) is 0. The molecule has 1 aromatic heterocycles. The van der Waals surface area contributed by atoms with Gasteiger partial charge in [-0.25, -0.2) is 4.79 Å². The lowest BCUT2D eigenvalue weighted by Gasteiger charge is -2.12. The summed E-state index contributed by atoms with van der Waals surface area (Å²) in [4.78, 5) is 33.8. The van der Waals surface area contributed by atoms with Gasteiger partial charge in [-0.05, 0) is 37.3 Å². The van der Waals surface area contributed by atoms with E-state index in [2.05, 4.69) is 5.10 Å². The van der Waals surface area contributed by atoms with E-state index in [1.165, 1.54) is 36.4 Å². The van der Waals surface area contributed by atoms with Gasteiger partial charge in [0.1, 0.15) is 10.7 Å². The zero-order chi connectivity index (χ0) is 19.0. The summed E-state index contributed by atoms with van der Waals surface area (Å²) >= 11 is 5.83. The number of carboxylic acids is 1. The van der Waals surface area contributed by atoms with Crippen LogP contribution in [0, 0.1) is 10.1 Å². The van der Waals surface area contributed by atoms with Crippen LogP contribution in [0.15, 0.2) is 45.4 Å². The lowest BCUT2D eigenvalue weighted by molar-refractivity contribution is -0.402. The first-order valence-electron chi connectivity index (χ1n) is 7.16. The topological polar surface area (TPSA) is 126 Å². The highest BCUT2D eigenvalue weighted by Gasteiger charge is 2.30. The predicted molar refractivity (Wildman–Crippen MR) is 92.3 cm³/mol. The van der Waals surface area contributed by atoms with Crippen LogP contribution >= 0.6 is 11.6 Å². The molecule has 1 aliphatic rings. The second kappa shape index (κ2) is 6.45. The Kier molecular flexibility index (Phi) is 4.31. The van der Waals surface area contributed by atoms with Gasteiger partial charge < -0.3 is 9.52 Å². The van der Waals surface area contributed by atoms with Gasteiger partial charge in [0, 0.05) is 0 Å². The van der Waals surface area contributed by atoms with Crippen LogP contribution < -0.4 is 5.01 Å². The Morgan fingerprint density at radius 3 is 2.73 bits per heavy atom. The first kappa shape index (κ1) is 17.4. The van der Waals surface area contributed by atoms with Gasteiger partial charge in [-0.1, -0.05) is 11.6 Å². The second-order valence-electron chi connectivity index (χ2n) is 5.26. The van der Waals surface area contributed by atoms with Crippen molar-refractivity contribution in [3.8, 4) is 0 Å². The van der Waals surface area contributed by atoms with Crippen molar-refractivity contribution in [1.82, 2.24) is 0 Å². The number of furan rings is 1. The molecule has 0 saturated heterocycles. The number of hydrogen-bond acceptors (Lipinski definition) is 6. The fraction of sp³-hybridized carbons (Fsp3) is 0.0625. The van der Waals surface area contributed by atoms with Crippen molar-refractivity contribution < 1.29 is 24.0 Å². The van der Waals surface area contributed by atoms with Gasteiger partial charge in [-0.15, -0.1) is 0 Å². The molecule has 0 unspecified atom stereocenters. The molecule has 0 fully saturated rings. The van der Waals surface area contributed by atoms with Gasteiger partial charge >= 0.3 is 11.9 Å². The third kappa shape index (κ3) is 3.07. The Bertz CT molecular complexity index is 1010. The lowest BCUT2D eigenvalue weighted by atomic mass is 10.1. The fourth-order valence-corrected chi connectivity index (χ4v) is 2.53. The maximum absolute atomic E-state index is 12.6. The average molecular weight is 376 g/mol. The summed E-state index contributed by atoms with van der Waals surface area (Å²) < 4.78 is 5.01. The number of hydrazone groups is 1. The second-order valence-corrected chi connectivity index (χ2v) is 5.67. The number of carbonyl (C=O) groups is 2. The summed E-state index contributed by atoms with van der Waals surface area (Å²) in [6.07, 6.45) is 1.34. The number of rotatable bonds is 4. The van der Waals surface area contributed by atoms with Crippen LogP contribution in [0.5, 0.6) is 0 Å². The normalized spacial score (nSPS) is 15.5. The largest absolute Gasteiger partial charge is 0.478 e. The lowest BCUT2D eigenvalue weighted by Crippen LogP contribution is -2.21. The van der Waals surface area contributed by atoms with E-state index in [1.54, 1.807) is 6.92 Å².